The Kier molecular flexibility index (Phi) is 2.24. The molecule has 0 bridgehead atoms. The molecule has 0 saturated heterocycles. The summed E-state index contributed by atoms with van der Waals surface area (Å²) in [6.07, 6.45) is 3.47. The van der Waals surface area contributed by atoms with Gasteiger partial charge in [-0.25, -0.2) is 4.68 Å². The maximum Gasteiger partial charge on any atom is 0.174 e. The van der Waals surface area contributed by atoms with Crippen molar-refractivity contribution in [1.29, 1.82) is 0 Å². The van der Waals surface area contributed by atoms with Gasteiger partial charge in [0, 0.05) is 5.56 Å². The fraction of sp³-hybridized carbons (Fsp3) is 0.333. The van der Waals surface area contributed by atoms with Crippen molar-refractivity contribution in [3.8, 4) is 17.0 Å². The molecule has 1 heterocycles. The molecule has 1 fully saturated rings. The van der Waals surface area contributed by atoms with E-state index in [0.29, 0.717) is 11.9 Å². The monoisotopic (exact) mass is 230 g/mol. The molecule has 5 heteroatoms. The van der Waals surface area contributed by atoms with Crippen LogP contribution in [0, 0.1) is 0 Å². The number of anilines is 1. The zero-order chi connectivity index (χ0) is 11.8. The van der Waals surface area contributed by atoms with E-state index in [1.807, 2.05) is 10.7 Å². The maximum absolute atomic E-state index is 9.51. The van der Waals surface area contributed by atoms with Crippen LogP contribution in [0.25, 0.3) is 11.3 Å². The second-order valence-electron chi connectivity index (χ2n) is 4.40. The summed E-state index contributed by atoms with van der Waals surface area (Å²) < 4.78 is 1.88. The van der Waals surface area contributed by atoms with Crippen LogP contribution < -0.4 is 5.73 Å². The predicted octanol–water partition coefficient (Wildman–Crippen LogP) is 1.96. The van der Waals surface area contributed by atoms with E-state index in [0.717, 1.165) is 24.1 Å². The number of aromatic nitrogens is 3. The average molecular weight is 230 g/mol. The van der Waals surface area contributed by atoms with E-state index in [-0.39, 0.29) is 5.75 Å². The molecule has 88 valence electrons. The fourth-order valence-corrected chi connectivity index (χ4v) is 2.13. The van der Waals surface area contributed by atoms with Gasteiger partial charge in [-0.05, 0) is 31.4 Å². The van der Waals surface area contributed by atoms with Crippen LogP contribution in [0.1, 0.15) is 25.3 Å². The predicted molar refractivity (Wildman–Crippen MR) is 64.4 cm³/mol. The molecular weight excluding hydrogens is 216 g/mol. The van der Waals surface area contributed by atoms with E-state index in [1.54, 1.807) is 18.2 Å². The van der Waals surface area contributed by atoms with E-state index in [2.05, 4.69) is 10.3 Å². The summed E-state index contributed by atoms with van der Waals surface area (Å²) in [6, 6.07) is 7.42. The lowest BCUT2D eigenvalue weighted by molar-refractivity contribution is 0.287. The van der Waals surface area contributed by atoms with Crippen molar-refractivity contribution < 1.29 is 5.11 Å². The minimum Gasteiger partial charge on any atom is -0.508 e. The number of rotatable bonds is 2. The first-order valence-electron chi connectivity index (χ1n) is 5.76. The minimum absolute atomic E-state index is 0.225. The van der Waals surface area contributed by atoms with Crippen molar-refractivity contribution in [2.75, 3.05) is 5.73 Å². The Hall–Kier alpha value is -2.04. The Morgan fingerprint density at radius 1 is 1.35 bits per heavy atom. The van der Waals surface area contributed by atoms with Crippen molar-refractivity contribution in [2.45, 2.75) is 25.3 Å². The number of nitrogen functional groups attached to an aromatic ring is 1. The molecule has 0 spiro atoms. The topological polar surface area (TPSA) is 77.0 Å². The Labute approximate surface area is 98.9 Å². The third-order valence-electron chi connectivity index (χ3n) is 3.26. The van der Waals surface area contributed by atoms with Gasteiger partial charge in [-0.15, -0.1) is 5.10 Å². The summed E-state index contributed by atoms with van der Waals surface area (Å²) in [5.41, 5.74) is 7.54. The summed E-state index contributed by atoms with van der Waals surface area (Å²) in [4.78, 5) is 0. The fourth-order valence-electron chi connectivity index (χ4n) is 2.13. The Balaban J connectivity index is 2.09. The summed E-state index contributed by atoms with van der Waals surface area (Å²) >= 11 is 0. The van der Waals surface area contributed by atoms with Gasteiger partial charge < -0.3 is 10.8 Å². The van der Waals surface area contributed by atoms with Crippen LogP contribution >= 0.6 is 0 Å². The molecule has 1 saturated carbocycles. The number of hydrogen-bond donors (Lipinski definition) is 2. The first-order valence-corrected chi connectivity index (χ1v) is 5.76. The number of phenols is 1. The minimum atomic E-state index is 0.225. The summed E-state index contributed by atoms with van der Waals surface area (Å²) in [6.45, 7) is 0. The molecule has 2 aromatic rings. The van der Waals surface area contributed by atoms with E-state index < -0.39 is 0 Å². The molecule has 5 nitrogen and oxygen atoms in total. The molecule has 1 aliphatic rings. The number of nitrogens with zero attached hydrogens (tertiary/aromatic N) is 3. The lowest BCUT2D eigenvalue weighted by Gasteiger charge is -2.26. The van der Waals surface area contributed by atoms with Crippen LogP contribution in [-0.4, -0.2) is 20.1 Å². The van der Waals surface area contributed by atoms with Crippen LogP contribution in [0.15, 0.2) is 24.3 Å². The highest BCUT2D eigenvalue weighted by atomic mass is 16.3. The number of aromatic hydroxyl groups is 1. The Bertz CT molecular complexity index is 545. The Morgan fingerprint density at radius 2 is 2.18 bits per heavy atom. The van der Waals surface area contributed by atoms with Crippen LogP contribution in [0.2, 0.25) is 0 Å². The number of phenolic OH excluding ortho intramolecular Hbond substituents is 1. The van der Waals surface area contributed by atoms with Crippen LogP contribution in [0.5, 0.6) is 5.75 Å². The quantitative estimate of drug-likeness (QED) is 0.826. The van der Waals surface area contributed by atoms with Gasteiger partial charge in [0.15, 0.2) is 5.82 Å². The molecule has 17 heavy (non-hydrogen) atoms. The van der Waals surface area contributed by atoms with Crippen molar-refractivity contribution in [2.24, 2.45) is 0 Å². The van der Waals surface area contributed by atoms with Gasteiger partial charge in [-0.1, -0.05) is 17.3 Å². The first kappa shape index (κ1) is 10.1. The number of hydrogen-bond acceptors (Lipinski definition) is 4. The van der Waals surface area contributed by atoms with E-state index in [1.165, 1.54) is 6.42 Å². The summed E-state index contributed by atoms with van der Waals surface area (Å²) in [5.74, 6) is 0.644. The SMILES string of the molecule is Nc1nnn(C2CCC2)c1-c1cccc(O)c1. The largest absolute Gasteiger partial charge is 0.508 e. The van der Waals surface area contributed by atoms with Gasteiger partial charge in [-0.2, -0.15) is 0 Å². The van der Waals surface area contributed by atoms with E-state index in [4.69, 9.17) is 5.73 Å². The first-order chi connectivity index (χ1) is 8.25. The molecule has 1 aromatic carbocycles. The number of benzene rings is 1. The zero-order valence-corrected chi connectivity index (χ0v) is 9.37. The second kappa shape index (κ2) is 3.76. The average Bonchev–Trinajstić information content (AvgIpc) is 2.58. The molecule has 3 N–H and O–H groups in total. The molecular formula is C12H14N4O. The third-order valence-corrected chi connectivity index (χ3v) is 3.26. The van der Waals surface area contributed by atoms with Crippen LogP contribution in [0.3, 0.4) is 0 Å². The van der Waals surface area contributed by atoms with Gasteiger partial charge >= 0.3 is 0 Å². The summed E-state index contributed by atoms with van der Waals surface area (Å²) in [7, 11) is 0. The third kappa shape index (κ3) is 1.63. The highest BCUT2D eigenvalue weighted by molar-refractivity contribution is 5.71. The lowest BCUT2D eigenvalue weighted by atomic mass is 9.93. The normalized spacial score (nSPS) is 15.8. The van der Waals surface area contributed by atoms with Crippen molar-refractivity contribution in [3.05, 3.63) is 24.3 Å². The van der Waals surface area contributed by atoms with Crippen molar-refractivity contribution >= 4 is 5.82 Å². The molecule has 0 atom stereocenters. The smallest absolute Gasteiger partial charge is 0.174 e. The van der Waals surface area contributed by atoms with Crippen molar-refractivity contribution in [3.63, 3.8) is 0 Å². The molecule has 0 radical (unpaired) electrons. The number of nitrogens with two attached hydrogens (primary N) is 1. The summed E-state index contributed by atoms with van der Waals surface area (Å²) in [5, 5.41) is 17.6. The molecule has 0 amide bonds. The maximum atomic E-state index is 9.51. The molecule has 1 aromatic heterocycles. The van der Waals surface area contributed by atoms with Crippen LogP contribution in [-0.2, 0) is 0 Å². The van der Waals surface area contributed by atoms with Crippen molar-refractivity contribution in [1.82, 2.24) is 15.0 Å². The van der Waals surface area contributed by atoms with Crippen LogP contribution in [0.4, 0.5) is 5.82 Å². The Morgan fingerprint density at radius 3 is 2.82 bits per heavy atom. The van der Waals surface area contributed by atoms with Gasteiger partial charge in [0.05, 0.1) is 6.04 Å². The zero-order valence-electron chi connectivity index (χ0n) is 9.37. The van der Waals surface area contributed by atoms with Gasteiger partial charge in [0.2, 0.25) is 0 Å². The van der Waals surface area contributed by atoms with Gasteiger partial charge in [-0.3, -0.25) is 0 Å². The van der Waals surface area contributed by atoms with Gasteiger partial charge in [0.1, 0.15) is 11.4 Å². The lowest BCUT2D eigenvalue weighted by Crippen LogP contribution is -2.19. The molecule has 0 unspecified atom stereocenters. The van der Waals surface area contributed by atoms with E-state index >= 15 is 0 Å². The van der Waals surface area contributed by atoms with Gasteiger partial charge in [0.25, 0.3) is 0 Å². The second-order valence-corrected chi connectivity index (χ2v) is 4.40. The van der Waals surface area contributed by atoms with E-state index in [9.17, 15) is 5.11 Å². The molecule has 0 aliphatic heterocycles. The molecule has 1 aliphatic carbocycles. The molecule has 3 rings (SSSR count). The highest BCUT2D eigenvalue weighted by Gasteiger charge is 2.25. The highest BCUT2D eigenvalue weighted by Crippen LogP contribution is 2.36. The standard InChI is InChI=1S/C12H14N4O/c13-12-11(8-3-1-6-10(17)7-8)16(15-14-12)9-4-2-5-9/h1,3,6-7,9,17H,2,4-5,13H2.